The molecule has 0 saturated carbocycles. The molecule has 1 rings (SSSR count). The van der Waals surface area contributed by atoms with E-state index in [1.165, 1.54) is 5.56 Å². The van der Waals surface area contributed by atoms with Crippen LogP contribution in [0, 0.1) is 0 Å². The molecule has 0 aliphatic rings. The van der Waals surface area contributed by atoms with Crippen LogP contribution in [-0.2, 0) is 11.3 Å². The third-order valence-electron chi connectivity index (χ3n) is 2.63. The van der Waals surface area contributed by atoms with Crippen molar-refractivity contribution in [2.24, 2.45) is 0 Å². The number of carboxylic acids is 1. The van der Waals surface area contributed by atoms with Gasteiger partial charge in [0.1, 0.15) is 0 Å². The van der Waals surface area contributed by atoms with Crippen molar-refractivity contribution in [3.8, 4) is 0 Å². The zero-order chi connectivity index (χ0) is 12.7. The molecular weight excluding hydrogens is 238 g/mol. The minimum Gasteiger partial charge on any atom is -0.481 e. The summed E-state index contributed by atoms with van der Waals surface area (Å²) in [5.41, 5.74) is 1.20. The Kier molecular flexibility index (Phi) is 6.01. The summed E-state index contributed by atoms with van der Waals surface area (Å²) in [4.78, 5) is 12.7. The maximum atomic E-state index is 10.4. The summed E-state index contributed by atoms with van der Waals surface area (Å²) in [6.07, 6.45) is 0.924. The maximum Gasteiger partial charge on any atom is 0.303 e. The molecule has 1 N–H and O–H groups in total. The zero-order valence-electron chi connectivity index (χ0n) is 10.0. The van der Waals surface area contributed by atoms with Gasteiger partial charge < -0.3 is 5.11 Å². The lowest BCUT2D eigenvalue weighted by atomic mass is 10.2. The van der Waals surface area contributed by atoms with Crippen LogP contribution in [0.4, 0.5) is 0 Å². The highest BCUT2D eigenvalue weighted by Gasteiger charge is 2.05. The fourth-order valence-electron chi connectivity index (χ4n) is 1.65. The van der Waals surface area contributed by atoms with Crippen LogP contribution < -0.4 is 0 Å². The summed E-state index contributed by atoms with van der Waals surface area (Å²) < 4.78 is 0. The number of rotatable bonds is 7. The second-order valence-corrected chi connectivity index (χ2v) is 4.43. The van der Waals surface area contributed by atoms with Gasteiger partial charge in [0, 0.05) is 18.0 Å². The molecule has 4 heteroatoms. The molecule has 0 spiro atoms. The van der Waals surface area contributed by atoms with E-state index in [0.29, 0.717) is 6.42 Å². The standard InChI is InChI=1S/C13H18ClNO2/c1-2-15(9-3-4-13(16)17)10-11-5-7-12(14)8-6-11/h5-8H,2-4,9-10H2,1H3,(H,16,17). The predicted molar refractivity (Wildman–Crippen MR) is 69.3 cm³/mol. The Morgan fingerprint density at radius 2 is 2.00 bits per heavy atom. The molecule has 0 aromatic heterocycles. The van der Waals surface area contributed by atoms with Crippen LogP contribution in [0.5, 0.6) is 0 Å². The van der Waals surface area contributed by atoms with E-state index in [2.05, 4.69) is 11.8 Å². The van der Waals surface area contributed by atoms with Crippen LogP contribution in [0.25, 0.3) is 0 Å². The molecule has 1 aromatic rings. The Morgan fingerprint density at radius 3 is 2.53 bits per heavy atom. The van der Waals surface area contributed by atoms with E-state index >= 15 is 0 Å². The first kappa shape index (κ1) is 14.0. The van der Waals surface area contributed by atoms with Crippen molar-refractivity contribution < 1.29 is 9.90 Å². The quantitative estimate of drug-likeness (QED) is 0.814. The lowest BCUT2D eigenvalue weighted by Crippen LogP contribution is -2.24. The molecule has 0 heterocycles. The number of carbonyl (C=O) groups is 1. The molecule has 0 saturated heterocycles. The smallest absolute Gasteiger partial charge is 0.303 e. The summed E-state index contributed by atoms with van der Waals surface area (Å²) in [7, 11) is 0. The van der Waals surface area contributed by atoms with Crippen molar-refractivity contribution >= 4 is 17.6 Å². The van der Waals surface area contributed by atoms with Gasteiger partial charge in [-0.15, -0.1) is 0 Å². The van der Waals surface area contributed by atoms with Gasteiger partial charge in [0.25, 0.3) is 0 Å². The molecule has 0 unspecified atom stereocenters. The largest absolute Gasteiger partial charge is 0.481 e. The predicted octanol–water partition coefficient (Wildman–Crippen LogP) is 3.03. The summed E-state index contributed by atoms with van der Waals surface area (Å²) in [5, 5.41) is 9.32. The lowest BCUT2D eigenvalue weighted by Gasteiger charge is -2.20. The van der Waals surface area contributed by atoms with Gasteiger partial charge in [-0.25, -0.2) is 0 Å². The van der Waals surface area contributed by atoms with Crippen molar-refractivity contribution in [3.63, 3.8) is 0 Å². The van der Waals surface area contributed by atoms with Gasteiger partial charge in [0.2, 0.25) is 0 Å². The Morgan fingerprint density at radius 1 is 1.35 bits per heavy atom. The average molecular weight is 256 g/mol. The Bertz CT molecular complexity index is 351. The highest BCUT2D eigenvalue weighted by Crippen LogP contribution is 2.11. The van der Waals surface area contributed by atoms with Gasteiger partial charge >= 0.3 is 5.97 Å². The number of carboxylic acid groups (broad SMARTS) is 1. The number of nitrogens with zero attached hydrogens (tertiary/aromatic N) is 1. The maximum absolute atomic E-state index is 10.4. The lowest BCUT2D eigenvalue weighted by molar-refractivity contribution is -0.137. The first-order valence-corrected chi connectivity index (χ1v) is 6.18. The van der Waals surface area contributed by atoms with Gasteiger partial charge in [0.15, 0.2) is 0 Å². The third kappa shape index (κ3) is 5.71. The number of aliphatic carboxylic acids is 1. The minimum atomic E-state index is -0.729. The molecule has 0 aliphatic carbocycles. The van der Waals surface area contributed by atoms with Gasteiger partial charge in [-0.2, -0.15) is 0 Å². The highest BCUT2D eigenvalue weighted by molar-refractivity contribution is 6.30. The van der Waals surface area contributed by atoms with Gasteiger partial charge in [-0.1, -0.05) is 30.7 Å². The number of hydrogen-bond acceptors (Lipinski definition) is 2. The first-order valence-electron chi connectivity index (χ1n) is 5.80. The molecule has 0 amide bonds. The van der Waals surface area contributed by atoms with E-state index in [9.17, 15) is 4.79 Å². The van der Waals surface area contributed by atoms with Crippen LogP contribution >= 0.6 is 11.6 Å². The molecule has 0 bridgehead atoms. The van der Waals surface area contributed by atoms with Gasteiger partial charge in [-0.3, -0.25) is 9.69 Å². The SMILES string of the molecule is CCN(CCCC(=O)O)Cc1ccc(Cl)cc1. The topological polar surface area (TPSA) is 40.5 Å². The number of halogens is 1. The molecule has 0 fully saturated rings. The van der Waals surface area contributed by atoms with Crippen molar-refractivity contribution in [2.45, 2.75) is 26.3 Å². The van der Waals surface area contributed by atoms with Crippen molar-refractivity contribution in [1.82, 2.24) is 4.90 Å². The Hall–Kier alpha value is -1.06. The molecule has 0 radical (unpaired) electrons. The van der Waals surface area contributed by atoms with Crippen molar-refractivity contribution in [2.75, 3.05) is 13.1 Å². The van der Waals surface area contributed by atoms with Gasteiger partial charge in [0.05, 0.1) is 0 Å². The van der Waals surface area contributed by atoms with E-state index in [0.717, 1.165) is 24.7 Å². The van der Waals surface area contributed by atoms with Crippen LogP contribution in [0.1, 0.15) is 25.3 Å². The third-order valence-corrected chi connectivity index (χ3v) is 2.88. The summed E-state index contributed by atoms with van der Waals surface area (Å²) in [6, 6.07) is 7.76. The molecule has 0 atom stereocenters. The Balaban J connectivity index is 2.40. The fraction of sp³-hybridized carbons (Fsp3) is 0.462. The molecular formula is C13H18ClNO2. The molecule has 3 nitrogen and oxygen atoms in total. The van der Waals surface area contributed by atoms with Crippen LogP contribution in [0.3, 0.4) is 0 Å². The summed E-state index contributed by atoms with van der Waals surface area (Å²) in [6.45, 7) is 4.65. The van der Waals surface area contributed by atoms with E-state index in [1.54, 1.807) is 0 Å². The number of hydrogen-bond donors (Lipinski definition) is 1. The summed E-state index contributed by atoms with van der Waals surface area (Å²) >= 11 is 5.82. The van der Waals surface area contributed by atoms with E-state index < -0.39 is 5.97 Å². The van der Waals surface area contributed by atoms with Crippen LogP contribution in [-0.4, -0.2) is 29.1 Å². The molecule has 1 aromatic carbocycles. The second-order valence-electron chi connectivity index (χ2n) is 3.99. The monoisotopic (exact) mass is 255 g/mol. The highest BCUT2D eigenvalue weighted by atomic mass is 35.5. The van der Waals surface area contributed by atoms with Crippen LogP contribution in [0.15, 0.2) is 24.3 Å². The Labute approximate surface area is 107 Å². The normalized spacial score (nSPS) is 10.8. The van der Waals surface area contributed by atoms with Crippen molar-refractivity contribution in [3.05, 3.63) is 34.9 Å². The average Bonchev–Trinajstić information content (AvgIpc) is 2.30. The second kappa shape index (κ2) is 7.30. The van der Waals surface area contributed by atoms with Crippen molar-refractivity contribution in [1.29, 1.82) is 0 Å². The van der Waals surface area contributed by atoms with E-state index in [-0.39, 0.29) is 6.42 Å². The molecule has 17 heavy (non-hydrogen) atoms. The van der Waals surface area contributed by atoms with E-state index in [4.69, 9.17) is 16.7 Å². The number of benzene rings is 1. The fourth-order valence-corrected chi connectivity index (χ4v) is 1.78. The first-order chi connectivity index (χ1) is 8.11. The molecule has 0 aliphatic heterocycles. The van der Waals surface area contributed by atoms with Crippen LogP contribution in [0.2, 0.25) is 5.02 Å². The summed E-state index contributed by atoms with van der Waals surface area (Å²) in [5.74, 6) is -0.729. The molecule has 94 valence electrons. The van der Waals surface area contributed by atoms with E-state index in [1.807, 2.05) is 24.3 Å². The minimum absolute atomic E-state index is 0.233. The van der Waals surface area contributed by atoms with Gasteiger partial charge in [-0.05, 0) is 37.2 Å². The zero-order valence-corrected chi connectivity index (χ0v) is 10.8.